The van der Waals surface area contributed by atoms with Crippen LogP contribution in [-0.2, 0) is 18.6 Å². The van der Waals surface area contributed by atoms with Crippen molar-refractivity contribution < 1.29 is 28.4 Å². The summed E-state index contributed by atoms with van der Waals surface area (Å²) in [5, 5.41) is 0. The molecule has 0 rings (SSSR count). The van der Waals surface area contributed by atoms with E-state index in [0.29, 0.717) is 6.42 Å². The van der Waals surface area contributed by atoms with Crippen LogP contribution in [0.1, 0.15) is 33.1 Å². The van der Waals surface area contributed by atoms with Gasteiger partial charge >= 0.3 is 13.8 Å². The van der Waals surface area contributed by atoms with Crippen LogP contribution in [0.5, 0.6) is 0 Å². The van der Waals surface area contributed by atoms with Gasteiger partial charge in [0.05, 0.1) is 0 Å². The standard InChI is InChI=1S/C10H19O6P/c1-4-6-7-9(16-17(12,13)14)8(3)15-10(11)5-2/h5,8-9H,2,4,6-7H2,1,3H3,(H2,12,13,14). The molecule has 0 fully saturated rings. The van der Waals surface area contributed by atoms with Crippen LogP contribution in [0.2, 0.25) is 0 Å². The van der Waals surface area contributed by atoms with Crippen molar-refractivity contribution in [2.75, 3.05) is 0 Å². The molecule has 0 bridgehead atoms. The molecule has 0 saturated heterocycles. The van der Waals surface area contributed by atoms with E-state index in [1.54, 1.807) is 0 Å². The number of ether oxygens (including phenoxy) is 1. The van der Waals surface area contributed by atoms with E-state index in [-0.39, 0.29) is 0 Å². The third kappa shape index (κ3) is 8.10. The van der Waals surface area contributed by atoms with E-state index >= 15 is 0 Å². The van der Waals surface area contributed by atoms with Gasteiger partial charge in [-0.1, -0.05) is 26.3 Å². The quantitative estimate of drug-likeness (QED) is 0.395. The fourth-order valence-electron chi connectivity index (χ4n) is 1.26. The maximum absolute atomic E-state index is 11.0. The van der Waals surface area contributed by atoms with Crippen molar-refractivity contribution in [3.63, 3.8) is 0 Å². The number of carbonyl (C=O) groups is 1. The summed E-state index contributed by atoms with van der Waals surface area (Å²) >= 11 is 0. The Morgan fingerprint density at radius 3 is 2.53 bits per heavy atom. The third-order valence-corrected chi connectivity index (χ3v) is 2.65. The highest BCUT2D eigenvalue weighted by Gasteiger charge is 2.28. The molecule has 17 heavy (non-hydrogen) atoms. The minimum atomic E-state index is -4.58. The van der Waals surface area contributed by atoms with Gasteiger partial charge in [-0.2, -0.15) is 0 Å². The van der Waals surface area contributed by atoms with E-state index in [2.05, 4.69) is 11.1 Å². The second-order valence-electron chi connectivity index (χ2n) is 3.62. The van der Waals surface area contributed by atoms with Gasteiger partial charge in [0.2, 0.25) is 0 Å². The minimum Gasteiger partial charge on any atom is -0.457 e. The number of rotatable bonds is 8. The molecule has 2 atom stereocenters. The highest BCUT2D eigenvalue weighted by atomic mass is 31.2. The van der Waals surface area contributed by atoms with Gasteiger partial charge in [-0.15, -0.1) is 0 Å². The van der Waals surface area contributed by atoms with Gasteiger partial charge in [0, 0.05) is 6.08 Å². The van der Waals surface area contributed by atoms with E-state index in [1.165, 1.54) is 6.92 Å². The second-order valence-corrected chi connectivity index (χ2v) is 4.81. The molecule has 0 aromatic heterocycles. The van der Waals surface area contributed by atoms with Crippen molar-refractivity contribution in [2.45, 2.75) is 45.3 Å². The fraction of sp³-hybridized carbons (Fsp3) is 0.700. The van der Waals surface area contributed by atoms with Crippen molar-refractivity contribution in [1.82, 2.24) is 0 Å². The third-order valence-electron chi connectivity index (χ3n) is 2.11. The molecule has 0 heterocycles. The second kappa shape index (κ2) is 7.61. The van der Waals surface area contributed by atoms with E-state index in [1.807, 2.05) is 6.92 Å². The maximum Gasteiger partial charge on any atom is 0.469 e. The van der Waals surface area contributed by atoms with Gasteiger partial charge < -0.3 is 14.5 Å². The summed E-state index contributed by atoms with van der Waals surface area (Å²) in [4.78, 5) is 28.5. The van der Waals surface area contributed by atoms with Crippen LogP contribution in [0.25, 0.3) is 0 Å². The first-order valence-electron chi connectivity index (χ1n) is 5.37. The lowest BCUT2D eigenvalue weighted by molar-refractivity contribution is -0.147. The molecule has 0 aromatic carbocycles. The molecule has 0 aliphatic carbocycles. The maximum atomic E-state index is 11.0. The number of phosphoric ester groups is 1. The minimum absolute atomic E-state index is 0.410. The Labute approximate surface area is 101 Å². The van der Waals surface area contributed by atoms with E-state index in [0.717, 1.165) is 18.9 Å². The summed E-state index contributed by atoms with van der Waals surface area (Å²) in [6, 6.07) is 0. The zero-order chi connectivity index (χ0) is 13.5. The van der Waals surface area contributed by atoms with Gasteiger partial charge in [0.15, 0.2) is 0 Å². The van der Waals surface area contributed by atoms with Crippen molar-refractivity contribution in [3.05, 3.63) is 12.7 Å². The normalized spacial score (nSPS) is 15.1. The van der Waals surface area contributed by atoms with Gasteiger partial charge in [-0.05, 0) is 13.3 Å². The molecule has 0 aliphatic heterocycles. The smallest absolute Gasteiger partial charge is 0.457 e. The van der Waals surface area contributed by atoms with Gasteiger partial charge in [-0.3, -0.25) is 4.52 Å². The first-order valence-corrected chi connectivity index (χ1v) is 6.90. The molecule has 7 heteroatoms. The SMILES string of the molecule is C=CC(=O)OC(C)C(CCCC)OP(=O)(O)O. The summed E-state index contributed by atoms with van der Waals surface area (Å²) in [6.07, 6.45) is 1.42. The molecule has 2 N–H and O–H groups in total. The van der Waals surface area contributed by atoms with Gasteiger partial charge in [-0.25, -0.2) is 9.36 Å². The Kier molecular flexibility index (Phi) is 7.30. The first kappa shape index (κ1) is 16.3. The Bertz CT molecular complexity index is 297. The van der Waals surface area contributed by atoms with E-state index in [9.17, 15) is 9.36 Å². The van der Waals surface area contributed by atoms with E-state index < -0.39 is 26.0 Å². The summed E-state index contributed by atoms with van der Waals surface area (Å²) in [5.74, 6) is -0.645. The summed E-state index contributed by atoms with van der Waals surface area (Å²) < 4.78 is 20.3. The molecule has 0 spiro atoms. The molecule has 2 unspecified atom stereocenters. The Balaban J connectivity index is 4.49. The Hall–Kier alpha value is -0.680. The lowest BCUT2D eigenvalue weighted by Crippen LogP contribution is -2.30. The average Bonchev–Trinajstić information content (AvgIpc) is 2.22. The molecular weight excluding hydrogens is 247 g/mol. The summed E-state index contributed by atoms with van der Waals surface area (Å²) in [6.45, 7) is 6.71. The number of unbranched alkanes of at least 4 members (excludes halogenated alkanes) is 1. The van der Waals surface area contributed by atoms with Gasteiger partial charge in [0.1, 0.15) is 12.2 Å². The van der Waals surface area contributed by atoms with Crippen LogP contribution in [0.4, 0.5) is 0 Å². The highest BCUT2D eigenvalue weighted by Crippen LogP contribution is 2.39. The van der Waals surface area contributed by atoms with Crippen molar-refractivity contribution in [3.8, 4) is 0 Å². The fourth-order valence-corrected chi connectivity index (χ4v) is 1.89. The van der Waals surface area contributed by atoms with Gasteiger partial charge in [0.25, 0.3) is 0 Å². The lowest BCUT2D eigenvalue weighted by atomic mass is 10.1. The number of carbonyl (C=O) groups excluding carboxylic acids is 1. The number of hydrogen-bond donors (Lipinski definition) is 2. The highest BCUT2D eigenvalue weighted by molar-refractivity contribution is 7.46. The zero-order valence-corrected chi connectivity index (χ0v) is 10.9. The largest absolute Gasteiger partial charge is 0.469 e. The van der Waals surface area contributed by atoms with Crippen LogP contribution in [0, 0.1) is 0 Å². The predicted molar refractivity (Wildman–Crippen MR) is 62.2 cm³/mol. The number of phosphoric acid groups is 1. The Morgan fingerprint density at radius 1 is 1.53 bits per heavy atom. The van der Waals surface area contributed by atoms with E-state index in [4.69, 9.17) is 14.5 Å². The molecule has 0 amide bonds. The van der Waals surface area contributed by atoms with Crippen LogP contribution < -0.4 is 0 Å². The number of hydrogen-bond acceptors (Lipinski definition) is 4. The van der Waals surface area contributed by atoms with Crippen molar-refractivity contribution in [1.29, 1.82) is 0 Å². The average molecular weight is 266 g/mol. The summed E-state index contributed by atoms with van der Waals surface area (Å²) in [5.41, 5.74) is 0. The number of esters is 1. The Morgan fingerprint density at radius 2 is 2.12 bits per heavy atom. The predicted octanol–water partition coefficient (Wildman–Crippen LogP) is 1.77. The molecule has 100 valence electrons. The first-order chi connectivity index (χ1) is 7.80. The molecular formula is C10H19O6P. The molecule has 0 aromatic rings. The van der Waals surface area contributed by atoms with Crippen LogP contribution in [-0.4, -0.2) is 28.0 Å². The lowest BCUT2D eigenvalue weighted by Gasteiger charge is -2.23. The summed E-state index contributed by atoms with van der Waals surface area (Å²) in [7, 11) is -4.58. The van der Waals surface area contributed by atoms with Crippen molar-refractivity contribution >= 4 is 13.8 Å². The molecule has 0 radical (unpaired) electrons. The molecule has 0 aliphatic rings. The van der Waals surface area contributed by atoms with Crippen molar-refractivity contribution in [2.24, 2.45) is 0 Å². The van der Waals surface area contributed by atoms with Crippen LogP contribution in [0.3, 0.4) is 0 Å². The molecule has 6 nitrogen and oxygen atoms in total. The topological polar surface area (TPSA) is 93.1 Å². The monoisotopic (exact) mass is 266 g/mol. The van der Waals surface area contributed by atoms with Crippen LogP contribution in [0.15, 0.2) is 12.7 Å². The van der Waals surface area contributed by atoms with Crippen LogP contribution >= 0.6 is 7.82 Å². The zero-order valence-electron chi connectivity index (χ0n) is 10.0. The molecule has 0 saturated carbocycles.